The Balaban J connectivity index is 2.10. The van der Waals surface area contributed by atoms with E-state index in [1.165, 1.54) is 5.56 Å². The molecule has 4 heteroatoms. The highest BCUT2D eigenvalue weighted by molar-refractivity contribution is 5.95. The molecule has 1 atom stereocenters. The number of anilines is 1. The van der Waals surface area contributed by atoms with Crippen molar-refractivity contribution >= 4 is 11.6 Å². The van der Waals surface area contributed by atoms with Gasteiger partial charge in [0.1, 0.15) is 11.5 Å². The number of aryl methyl sites for hydroxylation is 2. The Hall–Kier alpha value is -2.49. The second-order valence-electron chi connectivity index (χ2n) is 5.45. The molecule has 0 aliphatic carbocycles. The van der Waals surface area contributed by atoms with Crippen molar-refractivity contribution in [2.75, 3.05) is 12.4 Å². The Morgan fingerprint density at radius 1 is 1.13 bits per heavy atom. The predicted octanol–water partition coefficient (Wildman–Crippen LogP) is 4.11. The van der Waals surface area contributed by atoms with Crippen LogP contribution in [0.5, 0.6) is 11.5 Å². The molecule has 0 saturated carbocycles. The van der Waals surface area contributed by atoms with E-state index in [0.29, 0.717) is 23.6 Å². The van der Waals surface area contributed by atoms with E-state index in [1.54, 1.807) is 19.2 Å². The number of para-hydroxylation sites is 2. The van der Waals surface area contributed by atoms with Crippen molar-refractivity contribution in [3.63, 3.8) is 0 Å². The van der Waals surface area contributed by atoms with Crippen LogP contribution in [0.4, 0.5) is 5.69 Å². The molecule has 2 rings (SSSR count). The third kappa shape index (κ3) is 4.25. The number of nitrogens with one attached hydrogen (secondary N) is 1. The Morgan fingerprint density at radius 3 is 2.52 bits per heavy atom. The van der Waals surface area contributed by atoms with E-state index >= 15 is 0 Å². The van der Waals surface area contributed by atoms with Crippen LogP contribution in [0.15, 0.2) is 42.5 Å². The Labute approximate surface area is 137 Å². The van der Waals surface area contributed by atoms with Crippen molar-refractivity contribution in [3.8, 4) is 11.5 Å². The van der Waals surface area contributed by atoms with E-state index in [9.17, 15) is 4.79 Å². The maximum Gasteiger partial charge on any atom is 0.265 e. The van der Waals surface area contributed by atoms with E-state index in [0.717, 1.165) is 5.56 Å². The average Bonchev–Trinajstić information content (AvgIpc) is 2.56. The third-order valence-electron chi connectivity index (χ3n) is 3.78. The highest BCUT2D eigenvalue weighted by Crippen LogP contribution is 2.24. The smallest absolute Gasteiger partial charge is 0.265 e. The van der Waals surface area contributed by atoms with E-state index in [4.69, 9.17) is 9.47 Å². The molecule has 122 valence electrons. The molecule has 0 aliphatic heterocycles. The maximum atomic E-state index is 12.5. The van der Waals surface area contributed by atoms with Crippen LogP contribution >= 0.6 is 0 Å². The molecule has 1 amide bonds. The first-order valence-corrected chi connectivity index (χ1v) is 7.73. The van der Waals surface area contributed by atoms with Crippen LogP contribution in [0.25, 0.3) is 0 Å². The van der Waals surface area contributed by atoms with E-state index in [1.807, 2.05) is 51.1 Å². The second-order valence-corrected chi connectivity index (χ2v) is 5.45. The standard InChI is InChI=1S/C19H23NO3/c1-5-17(23-15-11-10-13(2)14(3)12-15)19(21)20-16-8-6-7-9-18(16)22-4/h6-12,17H,5H2,1-4H3,(H,20,21)/t17-/m1/s1. The number of amides is 1. The number of carbonyl (C=O) groups excluding carboxylic acids is 1. The fraction of sp³-hybridized carbons (Fsp3) is 0.316. The van der Waals surface area contributed by atoms with Gasteiger partial charge in [0, 0.05) is 0 Å². The van der Waals surface area contributed by atoms with Gasteiger partial charge in [0.05, 0.1) is 12.8 Å². The molecular formula is C19H23NO3. The molecular weight excluding hydrogens is 290 g/mol. The van der Waals surface area contributed by atoms with Crippen LogP contribution in [-0.2, 0) is 4.79 Å². The summed E-state index contributed by atoms with van der Waals surface area (Å²) in [4.78, 5) is 12.5. The lowest BCUT2D eigenvalue weighted by Gasteiger charge is -2.18. The summed E-state index contributed by atoms with van der Waals surface area (Å²) in [5.74, 6) is 1.15. The third-order valence-corrected chi connectivity index (χ3v) is 3.78. The van der Waals surface area contributed by atoms with Gasteiger partial charge in [-0.1, -0.05) is 25.1 Å². The molecule has 0 aromatic heterocycles. The Morgan fingerprint density at radius 2 is 1.87 bits per heavy atom. The highest BCUT2D eigenvalue weighted by atomic mass is 16.5. The Bertz CT molecular complexity index is 682. The number of hydrogen-bond acceptors (Lipinski definition) is 3. The van der Waals surface area contributed by atoms with Gasteiger partial charge in [-0.25, -0.2) is 0 Å². The second kappa shape index (κ2) is 7.68. The number of ether oxygens (including phenoxy) is 2. The van der Waals surface area contributed by atoms with Gasteiger partial charge >= 0.3 is 0 Å². The van der Waals surface area contributed by atoms with Crippen molar-refractivity contribution in [2.24, 2.45) is 0 Å². The summed E-state index contributed by atoms with van der Waals surface area (Å²) in [7, 11) is 1.58. The van der Waals surface area contributed by atoms with Gasteiger partial charge < -0.3 is 14.8 Å². The topological polar surface area (TPSA) is 47.6 Å². The molecule has 0 saturated heterocycles. The van der Waals surface area contributed by atoms with Crippen molar-refractivity contribution < 1.29 is 14.3 Å². The molecule has 23 heavy (non-hydrogen) atoms. The minimum atomic E-state index is -0.554. The monoisotopic (exact) mass is 313 g/mol. The summed E-state index contributed by atoms with van der Waals surface area (Å²) in [6.45, 7) is 6.00. The van der Waals surface area contributed by atoms with Crippen LogP contribution in [0.3, 0.4) is 0 Å². The van der Waals surface area contributed by atoms with Gasteiger partial charge in [0.15, 0.2) is 6.10 Å². The van der Waals surface area contributed by atoms with Gasteiger partial charge in [-0.2, -0.15) is 0 Å². The molecule has 0 spiro atoms. The minimum Gasteiger partial charge on any atom is -0.495 e. The van der Waals surface area contributed by atoms with Gasteiger partial charge in [-0.05, 0) is 55.7 Å². The van der Waals surface area contributed by atoms with Crippen LogP contribution in [0.1, 0.15) is 24.5 Å². The summed E-state index contributed by atoms with van der Waals surface area (Å²) >= 11 is 0. The van der Waals surface area contributed by atoms with Crippen molar-refractivity contribution in [1.29, 1.82) is 0 Å². The van der Waals surface area contributed by atoms with Crippen LogP contribution in [0.2, 0.25) is 0 Å². The SMILES string of the molecule is CC[C@@H](Oc1ccc(C)c(C)c1)C(=O)Nc1ccccc1OC. The first kappa shape index (κ1) is 16.9. The lowest BCUT2D eigenvalue weighted by atomic mass is 10.1. The molecule has 1 N–H and O–H groups in total. The summed E-state index contributed by atoms with van der Waals surface area (Å²) in [5, 5.41) is 2.87. The lowest BCUT2D eigenvalue weighted by molar-refractivity contribution is -0.122. The minimum absolute atomic E-state index is 0.185. The normalized spacial score (nSPS) is 11.7. The molecule has 0 heterocycles. The predicted molar refractivity (Wildman–Crippen MR) is 92.2 cm³/mol. The summed E-state index contributed by atoms with van der Waals surface area (Å²) < 4.78 is 11.1. The molecule has 0 aliphatic rings. The van der Waals surface area contributed by atoms with Crippen molar-refractivity contribution in [1.82, 2.24) is 0 Å². The largest absolute Gasteiger partial charge is 0.495 e. The first-order valence-electron chi connectivity index (χ1n) is 7.73. The fourth-order valence-corrected chi connectivity index (χ4v) is 2.23. The summed E-state index contributed by atoms with van der Waals surface area (Å²) in [6, 6.07) is 13.2. The zero-order chi connectivity index (χ0) is 16.8. The summed E-state index contributed by atoms with van der Waals surface area (Å²) in [6.07, 6.45) is 0.0236. The zero-order valence-corrected chi connectivity index (χ0v) is 14.1. The van der Waals surface area contributed by atoms with Gasteiger partial charge in [-0.3, -0.25) is 4.79 Å². The summed E-state index contributed by atoms with van der Waals surface area (Å²) in [5.41, 5.74) is 2.98. The van der Waals surface area contributed by atoms with Gasteiger partial charge in [-0.15, -0.1) is 0 Å². The average molecular weight is 313 g/mol. The lowest BCUT2D eigenvalue weighted by Crippen LogP contribution is -2.32. The van der Waals surface area contributed by atoms with Crippen molar-refractivity contribution in [3.05, 3.63) is 53.6 Å². The Kier molecular flexibility index (Phi) is 5.63. The van der Waals surface area contributed by atoms with Crippen LogP contribution in [0, 0.1) is 13.8 Å². The molecule has 0 fully saturated rings. The number of carbonyl (C=O) groups is 1. The molecule has 4 nitrogen and oxygen atoms in total. The van der Waals surface area contributed by atoms with E-state index in [2.05, 4.69) is 5.32 Å². The first-order chi connectivity index (χ1) is 11.0. The van der Waals surface area contributed by atoms with E-state index in [-0.39, 0.29) is 5.91 Å². The molecule has 0 unspecified atom stereocenters. The van der Waals surface area contributed by atoms with Crippen LogP contribution in [-0.4, -0.2) is 19.1 Å². The molecule has 2 aromatic carbocycles. The van der Waals surface area contributed by atoms with E-state index < -0.39 is 6.10 Å². The van der Waals surface area contributed by atoms with Crippen molar-refractivity contribution in [2.45, 2.75) is 33.3 Å². The highest BCUT2D eigenvalue weighted by Gasteiger charge is 2.19. The van der Waals surface area contributed by atoms with Crippen LogP contribution < -0.4 is 14.8 Å². The number of rotatable bonds is 6. The number of hydrogen-bond donors (Lipinski definition) is 1. The quantitative estimate of drug-likeness (QED) is 0.873. The maximum absolute atomic E-state index is 12.5. The number of methoxy groups -OCH3 is 1. The zero-order valence-electron chi connectivity index (χ0n) is 14.1. The van der Waals surface area contributed by atoms with Gasteiger partial charge in [0.25, 0.3) is 5.91 Å². The molecule has 0 bridgehead atoms. The number of benzene rings is 2. The molecule has 2 aromatic rings. The van der Waals surface area contributed by atoms with Gasteiger partial charge in [0.2, 0.25) is 0 Å². The fourth-order valence-electron chi connectivity index (χ4n) is 2.23. The molecule has 0 radical (unpaired) electrons.